The minimum atomic E-state index is -0.477. The molecule has 2 rings (SSSR count). The molecule has 0 unspecified atom stereocenters. The van der Waals surface area contributed by atoms with Crippen LogP contribution in [0.5, 0.6) is 11.5 Å². The average Bonchev–Trinajstić information content (AvgIpc) is 2.43. The van der Waals surface area contributed by atoms with E-state index in [1.165, 1.54) is 30.3 Å². The summed E-state index contributed by atoms with van der Waals surface area (Å²) < 4.78 is 19.3. The summed E-state index contributed by atoms with van der Waals surface area (Å²) in [6.07, 6.45) is 0. The number of ether oxygens (including phenoxy) is 1. The van der Waals surface area contributed by atoms with Gasteiger partial charge in [0.25, 0.3) is 5.69 Å². The van der Waals surface area contributed by atoms with Crippen LogP contribution in [0, 0.1) is 15.9 Å². The highest BCUT2D eigenvalue weighted by molar-refractivity contribution is 9.10. The summed E-state index contributed by atoms with van der Waals surface area (Å²) >= 11 is 6.30. The molecule has 0 amide bonds. The van der Waals surface area contributed by atoms with Crippen LogP contribution in [-0.2, 0) is 5.33 Å². The highest BCUT2D eigenvalue weighted by atomic mass is 79.9. The molecule has 0 bridgehead atoms. The molecule has 2 aromatic rings. The first-order valence-corrected chi connectivity index (χ1v) is 7.39. The Morgan fingerprint density at radius 1 is 1.25 bits per heavy atom. The monoisotopic (exact) mass is 403 g/mol. The zero-order chi connectivity index (χ0) is 14.7. The Morgan fingerprint density at radius 2 is 2.00 bits per heavy atom. The highest BCUT2D eigenvalue weighted by Crippen LogP contribution is 2.31. The second kappa shape index (κ2) is 6.32. The lowest BCUT2D eigenvalue weighted by Crippen LogP contribution is -1.94. The van der Waals surface area contributed by atoms with Gasteiger partial charge in [-0.05, 0) is 34.1 Å². The number of hydrogen-bond acceptors (Lipinski definition) is 3. The molecule has 0 N–H and O–H groups in total. The van der Waals surface area contributed by atoms with Gasteiger partial charge in [0.2, 0.25) is 0 Å². The summed E-state index contributed by atoms with van der Waals surface area (Å²) in [6.45, 7) is 0. The molecule has 20 heavy (non-hydrogen) atoms. The van der Waals surface area contributed by atoms with Crippen LogP contribution < -0.4 is 4.74 Å². The fourth-order valence-electron chi connectivity index (χ4n) is 1.55. The van der Waals surface area contributed by atoms with E-state index in [-0.39, 0.29) is 5.69 Å². The van der Waals surface area contributed by atoms with Crippen LogP contribution in [-0.4, -0.2) is 4.92 Å². The Labute approximate surface area is 131 Å². The number of nitro benzene ring substituents is 1. The van der Waals surface area contributed by atoms with E-state index in [2.05, 4.69) is 31.9 Å². The normalized spacial score (nSPS) is 10.3. The summed E-state index contributed by atoms with van der Waals surface area (Å²) in [7, 11) is 0. The lowest BCUT2D eigenvalue weighted by Gasteiger charge is -2.10. The second-order valence-electron chi connectivity index (χ2n) is 3.86. The standard InChI is InChI=1S/C13H8Br2FNO3/c14-7-8-5-9(17(18)19)1-4-13(8)20-10-2-3-11(15)12(16)6-10/h1-6H,7H2. The van der Waals surface area contributed by atoms with E-state index in [9.17, 15) is 14.5 Å². The fraction of sp³-hybridized carbons (Fsp3) is 0.0769. The molecule has 0 fully saturated rings. The summed E-state index contributed by atoms with van der Waals surface area (Å²) in [5.41, 5.74) is 0.594. The predicted octanol–water partition coefficient (Wildman–Crippen LogP) is 5.18. The number of alkyl halides is 1. The van der Waals surface area contributed by atoms with Crippen LogP contribution in [0.1, 0.15) is 5.56 Å². The molecule has 0 spiro atoms. The number of nitrogens with zero attached hydrogens (tertiary/aromatic N) is 1. The predicted molar refractivity (Wildman–Crippen MR) is 79.9 cm³/mol. The minimum absolute atomic E-state index is 0.0196. The molecule has 104 valence electrons. The van der Waals surface area contributed by atoms with Gasteiger partial charge in [0.1, 0.15) is 17.3 Å². The molecule has 0 aliphatic heterocycles. The van der Waals surface area contributed by atoms with E-state index in [1.54, 1.807) is 6.07 Å². The van der Waals surface area contributed by atoms with Crippen molar-refractivity contribution in [1.82, 2.24) is 0 Å². The first kappa shape index (κ1) is 14.9. The van der Waals surface area contributed by atoms with E-state index < -0.39 is 10.7 Å². The average molecular weight is 405 g/mol. The lowest BCUT2D eigenvalue weighted by molar-refractivity contribution is -0.384. The lowest BCUT2D eigenvalue weighted by atomic mass is 10.2. The van der Waals surface area contributed by atoms with Crippen molar-refractivity contribution in [3.63, 3.8) is 0 Å². The number of rotatable bonds is 4. The van der Waals surface area contributed by atoms with E-state index in [0.29, 0.717) is 26.9 Å². The van der Waals surface area contributed by atoms with Crippen molar-refractivity contribution < 1.29 is 14.1 Å². The van der Waals surface area contributed by atoms with E-state index >= 15 is 0 Å². The molecule has 0 aromatic heterocycles. The van der Waals surface area contributed by atoms with Gasteiger partial charge in [-0.3, -0.25) is 10.1 Å². The maximum absolute atomic E-state index is 13.4. The Hall–Kier alpha value is -1.47. The van der Waals surface area contributed by atoms with Crippen molar-refractivity contribution in [2.24, 2.45) is 0 Å². The van der Waals surface area contributed by atoms with E-state index in [1.807, 2.05) is 0 Å². The van der Waals surface area contributed by atoms with Crippen LogP contribution in [0.3, 0.4) is 0 Å². The Morgan fingerprint density at radius 3 is 2.60 bits per heavy atom. The van der Waals surface area contributed by atoms with Crippen molar-refractivity contribution in [2.45, 2.75) is 5.33 Å². The number of nitro groups is 1. The molecule has 7 heteroatoms. The van der Waals surface area contributed by atoms with Crippen LogP contribution in [0.25, 0.3) is 0 Å². The van der Waals surface area contributed by atoms with Crippen LogP contribution in [0.15, 0.2) is 40.9 Å². The van der Waals surface area contributed by atoms with Crippen LogP contribution in [0.2, 0.25) is 0 Å². The second-order valence-corrected chi connectivity index (χ2v) is 5.28. The van der Waals surface area contributed by atoms with Gasteiger partial charge < -0.3 is 4.74 Å². The quantitative estimate of drug-likeness (QED) is 0.400. The molecule has 0 saturated heterocycles. The van der Waals surface area contributed by atoms with Crippen molar-refractivity contribution in [3.8, 4) is 11.5 Å². The van der Waals surface area contributed by atoms with Crippen molar-refractivity contribution >= 4 is 37.5 Å². The zero-order valence-electron chi connectivity index (χ0n) is 9.98. The smallest absolute Gasteiger partial charge is 0.270 e. The van der Waals surface area contributed by atoms with Gasteiger partial charge in [-0.2, -0.15) is 0 Å². The zero-order valence-corrected chi connectivity index (χ0v) is 13.1. The first-order chi connectivity index (χ1) is 9.51. The summed E-state index contributed by atoms with van der Waals surface area (Å²) in [6, 6.07) is 8.63. The van der Waals surface area contributed by atoms with Gasteiger partial charge in [-0.25, -0.2) is 4.39 Å². The summed E-state index contributed by atoms with van der Waals surface area (Å²) in [5, 5.41) is 11.1. The number of non-ortho nitro benzene ring substituents is 1. The van der Waals surface area contributed by atoms with Crippen LogP contribution in [0.4, 0.5) is 10.1 Å². The number of benzene rings is 2. The Bertz CT molecular complexity index is 664. The van der Waals surface area contributed by atoms with Gasteiger partial charge in [-0.15, -0.1) is 0 Å². The van der Waals surface area contributed by atoms with Gasteiger partial charge in [0.15, 0.2) is 0 Å². The fourth-order valence-corrected chi connectivity index (χ4v) is 2.24. The maximum Gasteiger partial charge on any atom is 0.270 e. The van der Waals surface area contributed by atoms with Gasteiger partial charge in [0, 0.05) is 29.1 Å². The number of halogens is 3. The molecule has 0 radical (unpaired) electrons. The molecule has 2 aromatic carbocycles. The van der Waals surface area contributed by atoms with E-state index in [0.717, 1.165) is 0 Å². The molecule has 0 aliphatic rings. The summed E-state index contributed by atoms with van der Waals surface area (Å²) in [4.78, 5) is 10.2. The van der Waals surface area contributed by atoms with Gasteiger partial charge >= 0.3 is 0 Å². The SMILES string of the molecule is O=[N+]([O-])c1ccc(Oc2ccc(Br)c(F)c2)c(CBr)c1. The maximum atomic E-state index is 13.4. The van der Waals surface area contributed by atoms with Gasteiger partial charge in [0.05, 0.1) is 9.40 Å². The van der Waals surface area contributed by atoms with Crippen molar-refractivity contribution in [3.05, 3.63) is 62.4 Å². The van der Waals surface area contributed by atoms with Crippen molar-refractivity contribution in [2.75, 3.05) is 0 Å². The molecule has 0 atom stereocenters. The summed E-state index contributed by atoms with van der Waals surface area (Å²) in [5.74, 6) is 0.320. The molecular formula is C13H8Br2FNO3. The minimum Gasteiger partial charge on any atom is -0.457 e. The highest BCUT2D eigenvalue weighted by Gasteiger charge is 2.12. The van der Waals surface area contributed by atoms with Gasteiger partial charge in [-0.1, -0.05) is 15.9 Å². The molecule has 0 aliphatic carbocycles. The van der Waals surface area contributed by atoms with Crippen LogP contribution >= 0.6 is 31.9 Å². The number of hydrogen-bond donors (Lipinski definition) is 0. The van der Waals surface area contributed by atoms with Crippen molar-refractivity contribution in [1.29, 1.82) is 0 Å². The molecule has 4 nitrogen and oxygen atoms in total. The first-order valence-electron chi connectivity index (χ1n) is 5.47. The third-order valence-corrected chi connectivity index (χ3v) is 3.76. The van der Waals surface area contributed by atoms with E-state index in [4.69, 9.17) is 4.74 Å². The largest absolute Gasteiger partial charge is 0.457 e. The third-order valence-electron chi connectivity index (χ3n) is 2.52. The molecule has 0 saturated carbocycles. The topological polar surface area (TPSA) is 52.4 Å². The molecular weight excluding hydrogens is 397 g/mol. The third kappa shape index (κ3) is 3.34. The molecule has 0 heterocycles. The Balaban J connectivity index is 2.32. The Kier molecular flexibility index (Phi) is 4.72.